The van der Waals surface area contributed by atoms with Crippen molar-refractivity contribution in [1.29, 1.82) is 5.26 Å². The number of amides is 1. The van der Waals surface area contributed by atoms with Crippen LogP contribution >= 0.6 is 0 Å². The number of para-hydroxylation sites is 1. The minimum absolute atomic E-state index is 0.345. The summed E-state index contributed by atoms with van der Waals surface area (Å²) >= 11 is 0. The minimum Gasteiger partial charge on any atom is -0.496 e. The number of benzene rings is 2. The Hall–Kier alpha value is -3.59. The second kappa shape index (κ2) is 7.53. The predicted octanol–water partition coefficient (Wildman–Crippen LogP) is 3.18. The molecule has 1 heterocycles. The van der Waals surface area contributed by atoms with Crippen molar-refractivity contribution in [2.45, 2.75) is 13.0 Å². The van der Waals surface area contributed by atoms with E-state index < -0.39 is 6.04 Å². The molecule has 0 aliphatic carbocycles. The summed E-state index contributed by atoms with van der Waals surface area (Å²) in [6.07, 6.45) is 3.32. The van der Waals surface area contributed by atoms with Gasteiger partial charge in [-0.15, -0.1) is 0 Å². The van der Waals surface area contributed by atoms with Gasteiger partial charge in [-0.1, -0.05) is 24.3 Å². The maximum absolute atomic E-state index is 12.5. The van der Waals surface area contributed by atoms with Gasteiger partial charge in [-0.25, -0.2) is 4.68 Å². The van der Waals surface area contributed by atoms with Crippen molar-refractivity contribution < 1.29 is 9.53 Å². The normalized spacial score (nSPS) is 11.4. The van der Waals surface area contributed by atoms with E-state index in [1.54, 1.807) is 36.3 Å². The largest absolute Gasteiger partial charge is 0.496 e. The number of carbonyl (C=O) groups excluding carboxylic acids is 1. The van der Waals surface area contributed by atoms with Gasteiger partial charge >= 0.3 is 0 Å². The zero-order valence-corrected chi connectivity index (χ0v) is 14.5. The molecule has 26 heavy (non-hydrogen) atoms. The molecule has 0 aliphatic rings. The number of rotatable bonds is 5. The average Bonchev–Trinajstić information content (AvgIpc) is 3.17. The first-order valence-corrected chi connectivity index (χ1v) is 8.07. The maximum Gasteiger partial charge on any atom is 0.252 e. The molecule has 1 atom stereocenters. The number of methoxy groups -OCH3 is 1. The summed E-state index contributed by atoms with van der Waals surface area (Å²) < 4.78 is 6.91. The van der Waals surface area contributed by atoms with Crippen LogP contribution in [-0.4, -0.2) is 22.8 Å². The van der Waals surface area contributed by atoms with Gasteiger partial charge in [-0.05, 0) is 36.8 Å². The lowest BCUT2D eigenvalue weighted by molar-refractivity contribution is 0.0945. The van der Waals surface area contributed by atoms with Gasteiger partial charge in [0, 0.05) is 17.3 Å². The lowest BCUT2D eigenvalue weighted by Crippen LogP contribution is -2.27. The van der Waals surface area contributed by atoms with E-state index in [0.717, 1.165) is 11.3 Å². The van der Waals surface area contributed by atoms with Gasteiger partial charge in [0.25, 0.3) is 5.91 Å². The highest BCUT2D eigenvalue weighted by molar-refractivity contribution is 5.95. The van der Waals surface area contributed by atoms with Gasteiger partial charge in [0.1, 0.15) is 11.8 Å². The Morgan fingerprint density at radius 1 is 1.27 bits per heavy atom. The highest BCUT2D eigenvalue weighted by atomic mass is 16.5. The Morgan fingerprint density at radius 3 is 2.73 bits per heavy atom. The Balaban J connectivity index is 1.79. The van der Waals surface area contributed by atoms with Crippen LogP contribution in [-0.2, 0) is 0 Å². The highest BCUT2D eigenvalue weighted by Gasteiger charge is 2.18. The second-order valence-corrected chi connectivity index (χ2v) is 5.77. The van der Waals surface area contributed by atoms with Crippen LogP contribution in [0.5, 0.6) is 5.75 Å². The van der Waals surface area contributed by atoms with Crippen molar-refractivity contribution in [2.24, 2.45) is 0 Å². The van der Waals surface area contributed by atoms with Crippen LogP contribution in [0.2, 0.25) is 0 Å². The first kappa shape index (κ1) is 17.2. The van der Waals surface area contributed by atoms with Gasteiger partial charge in [0.05, 0.1) is 25.1 Å². The van der Waals surface area contributed by atoms with Crippen LogP contribution in [0.25, 0.3) is 5.69 Å². The van der Waals surface area contributed by atoms with Crippen molar-refractivity contribution in [1.82, 2.24) is 15.1 Å². The monoisotopic (exact) mass is 346 g/mol. The Kier molecular flexibility index (Phi) is 4.99. The standard InChI is InChI=1S/C20H18N4O2/c1-14-8-9-15(10-19(14)26-2)20(25)23-18(11-21)16-12-22-24(13-16)17-6-4-3-5-7-17/h3-10,12-13,18H,1-2H3,(H,23,25)/t18-/m0/s1. The molecule has 6 nitrogen and oxygen atoms in total. The predicted molar refractivity (Wildman–Crippen MR) is 97.1 cm³/mol. The summed E-state index contributed by atoms with van der Waals surface area (Å²) in [6.45, 7) is 1.90. The number of nitriles is 1. The smallest absolute Gasteiger partial charge is 0.252 e. The van der Waals surface area contributed by atoms with Crippen LogP contribution in [0.15, 0.2) is 60.9 Å². The van der Waals surface area contributed by atoms with E-state index in [9.17, 15) is 10.1 Å². The number of carbonyl (C=O) groups is 1. The van der Waals surface area contributed by atoms with E-state index in [2.05, 4.69) is 16.5 Å². The molecule has 0 bridgehead atoms. The lowest BCUT2D eigenvalue weighted by Gasteiger charge is -2.11. The number of hydrogen-bond acceptors (Lipinski definition) is 4. The summed E-state index contributed by atoms with van der Waals surface area (Å²) in [5.41, 5.74) is 2.86. The van der Waals surface area contributed by atoms with Gasteiger partial charge in [0.2, 0.25) is 0 Å². The quantitative estimate of drug-likeness (QED) is 0.769. The highest BCUT2D eigenvalue weighted by Crippen LogP contribution is 2.20. The molecule has 3 aromatic rings. The summed E-state index contributed by atoms with van der Waals surface area (Å²) in [4.78, 5) is 12.5. The summed E-state index contributed by atoms with van der Waals surface area (Å²) in [7, 11) is 1.56. The molecule has 0 saturated heterocycles. The fraction of sp³-hybridized carbons (Fsp3) is 0.150. The Labute approximate surface area is 151 Å². The molecule has 0 spiro atoms. The van der Waals surface area contributed by atoms with Crippen LogP contribution in [0.4, 0.5) is 0 Å². The van der Waals surface area contributed by atoms with E-state index in [1.165, 1.54) is 0 Å². The summed E-state index contributed by atoms with van der Waals surface area (Å²) in [5, 5.41) is 16.5. The van der Waals surface area contributed by atoms with Crippen molar-refractivity contribution >= 4 is 5.91 Å². The number of nitrogens with zero attached hydrogens (tertiary/aromatic N) is 3. The number of aromatic nitrogens is 2. The van der Waals surface area contributed by atoms with Gasteiger partial charge in [-0.3, -0.25) is 4.79 Å². The number of nitrogens with one attached hydrogen (secondary N) is 1. The average molecular weight is 346 g/mol. The summed E-state index contributed by atoms with van der Waals surface area (Å²) in [5.74, 6) is 0.283. The Morgan fingerprint density at radius 2 is 2.04 bits per heavy atom. The van der Waals surface area contributed by atoms with Crippen molar-refractivity contribution in [3.63, 3.8) is 0 Å². The molecule has 0 fully saturated rings. The first-order chi connectivity index (χ1) is 12.6. The molecular weight excluding hydrogens is 328 g/mol. The van der Waals surface area contributed by atoms with Gasteiger partial charge in [-0.2, -0.15) is 10.4 Å². The number of aryl methyl sites for hydroxylation is 1. The molecule has 0 unspecified atom stereocenters. The molecule has 0 saturated carbocycles. The molecule has 6 heteroatoms. The number of ether oxygens (including phenoxy) is 1. The molecule has 0 radical (unpaired) electrons. The fourth-order valence-corrected chi connectivity index (χ4v) is 2.57. The first-order valence-electron chi connectivity index (χ1n) is 8.07. The van der Waals surface area contributed by atoms with E-state index in [4.69, 9.17) is 4.74 Å². The molecular formula is C20H18N4O2. The lowest BCUT2D eigenvalue weighted by atomic mass is 10.1. The maximum atomic E-state index is 12.5. The third-order valence-electron chi connectivity index (χ3n) is 4.03. The zero-order valence-electron chi connectivity index (χ0n) is 14.5. The van der Waals surface area contributed by atoms with Crippen LogP contribution < -0.4 is 10.1 Å². The minimum atomic E-state index is -0.799. The van der Waals surface area contributed by atoms with Crippen molar-refractivity contribution in [3.8, 4) is 17.5 Å². The third-order valence-corrected chi connectivity index (χ3v) is 4.03. The zero-order chi connectivity index (χ0) is 18.5. The van der Waals surface area contributed by atoms with Crippen LogP contribution in [0.3, 0.4) is 0 Å². The molecule has 1 amide bonds. The third kappa shape index (κ3) is 3.57. The number of hydrogen-bond donors (Lipinski definition) is 1. The molecule has 1 N–H and O–H groups in total. The topological polar surface area (TPSA) is 79.9 Å². The molecule has 2 aromatic carbocycles. The van der Waals surface area contributed by atoms with Crippen LogP contribution in [0, 0.1) is 18.3 Å². The van der Waals surface area contributed by atoms with Crippen molar-refractivity contribution in [3.05, 3.63) is 77.6 Å². The van der Waals surface area contributed by atoms with Gasteiger partial charge < -0.3 is 10.1 Å². The van der Waals surface area contributed by atoms with Gasteiger partial charge in [0.15, 0.2) is 0 Å². The van der Waals surface area contributed by atoms with E-state index in [0.29, 0.717) is 16.9 Å². The SMILES string of the molecule is COc1cc(C(=O)N[C@@H](C#N)c2cnn(-c3ccccc3)c2)ccc1C. The summed E-state index contributed by atoms with van der Waals surface area (Å²) in [6, 6.07) is 16.0. The molecule has 130 valence electrons. The van der Waals surface area contributed by atoms with E-state index in [-0.39, 0.29) is 5.91 Å². The molecule has 0 aliphatic heterocycles. The second-order valence-electron chi connectivity index (χ2n) is 5.77. The van der Waals surface area contributed by atoms with Crippen LogP contribution in [0.1, 0.15) is 27.5 Å². The Bertz CT molecular complexity index is 957. The fourth-order valence-electron chi connectivity index (χ4n) is 2.57. The molecule has 1 aromatic heterocycles. The molecule has 3 rings (SSSR count). The van der Waals surface area contributed by atoms with E-state index >= 15 is 0 Å². The van der Waals surface area contributed by atoms with Crippen molar-refractivity contribution in [2.75, 3.05) is 7.11 Å². The van der Waals surface area contributed by atoms with E-state index in [1.807, 2.05) is 43.3 Å².